The molecule has 0 unspecified atom stereocenters. The Morgan fingerprint density at radius 2 is 1.83 bits per heavy atom. The molecule has 0 aliphatic rings. The number of Topliss-reactive ketones (excluding diaryl/α,β-unsaturated/α-hetero) is 1. The van der Waals surface area contributed by atoms with Gasteiger partial charge in [0.25, 0.3) is 0 Å². The minimum atomic E-state index is -3.80. The van der Waals surface area contributed by atoms with E-state index in [1.165, 1.54) is 26.3 Å². The van der Waals surface area contributed by atoms with Crippen molar-refractivity contribution < 1.29 is 32.3 Å². The summed E-state index contributed by atoms with van der Waals surface area (Å²) in [5.41, 5.74) is 0.946. The van der Waals surface area contributed by atoms with E-state index in [1.54, 1.807) is 13.8 Å². The van der Waals surface area contributed by atoms with Gasteiger partial charge in [-0.1, -0.05) is 11.6 Å². The lowest BCUT2D eigenvalue weighted by molar-refractivity contribution is 0.0473. The second-order valence-electron chi connectivity index (χ2n) is 5.97. The molecule has 2 N–H and O–H groups in total. The summed E-state index contributed by atoms with van der Waals surface area (Å²) in [6.07, 6.45) is 0. The van der Waals surface area contributed by atoms with Crippen LogP contribution in [0.2, 0.25) is 5.02 Å². The Bertz CT molecular complexity index is 1090. The summed E-state index contributed by atoms with van der Waals surface area (Å²) in [6.45, 7) is 2.53. The number of ether oxygens (including phenoxy) is 2. The highest BCUT2D eigenvalue weighted by Crippen LogP contribution is 2.22. The van der Waals surface area contributed by atoms with Crippen molar-refractivity contribution in [3.63, 3.8) is 0 Å². The van der Waals surface area contributed by atoms with Crippen LogP contribution in [0.25, 0.3) is 0 Å². The van der Waals surface area contributed by atoms with Crippen LogP contribution in [0.15, 0.2) is 23.1 Å². The number of hydrogen-bond donors (Lipinski definition) is 2. The number of rotatable bonds is 7. The average Bonchev–Trinajstić information content (AvgIpc) is 2.99. The van der Waals surface area contributed by atoms with Crippen LogP contribution in [0.4, 0.5) is 0 Å². The largest absolute Gasteiger partial charge is 0.465 e. The maximum absolute atomic E-state index is 12.4. The number of H-pyrrole nitrogens is 1. The summed E-state index contributed by atoms with van der Waals surface area (Å²) in [7, 11) is -1.34. The fraction of sp³-hybridized carbons (Fsp3) is 0.278. The molecule has 0 radical (unpaired) electrons. The number of halogens is 1. The summed E-state index contributed by atoms with van der Waals surface area (Å²) < 4.78 is 35.6. The Hall–Kier alpha value is -2.69. The van der Waals surface area contributed by atoms with Crippen molar-refractivity contribution in [2.24, 2.45) is 0 Å². The third-order valence-electron chi connectivity index (χ3n) is 4.18. The van der Waals surface area contributed by atoms with E-state index in [0.29, 0.717) is 11.3 Å². The van der Waals surface area contributed by atoms with Crippen LogP contribution in [0.5, 0.6) is 0 Å². The number of carbonyl (C=O) groups is 3. The van der Waals surface area contributed by atoms with Gasteiger partial charge in [0.05, 0.1) is 33.8 Å². The molecule has 0 atom stereocenters. The van der Waals surface area contributed by atoms with E-state index < -0.39 is 34.4 Å². The molecule has 0 spiro atoms. The molecule has 2 rings (SSSR count). The smallest absolute Gasteiger partial charge is 0.340 e. The van der Waals surface area contributed by atoms with Crippen LogP contribution in [0.1, 0.15) is 42.5 Å². The summed E-state index contributed by atoms with van der Waals surface area (Å²) in [6, 6.07) is 3.53. The summed E-state index contributed by atoms with van der Waals surface area (Å²) in [4.78, 5) is 39.2. The number of methoxy groups -OCH3 is 1. The molecule has 0 aliphatic carbocycles. The van der Waals surface area contributed by atoms with Gasteiger partial charge in [0.1, 0.15) is 0 Å². The molecule has 0 aliphatic heterocycles. The minimum absolute atomic E-state index is 0.0302. The lowest BCUT2D eigenvalue weighted by Crippen LogP contribution is -2.20. The normalized spacial score (nSPS) is 11.2. The topological polar surface area (TPSA) is 132 Å². The van der Waals surface area contributed by atoms with Gasteiger partial charge in [0, 0.05) is 5.69 Å². The molecular formula is C18H19ClN2O7S. The van der Waals surface area contributed by atoms with Gasteiger partial charge in [-0.05, 0) is 44.7 Å². The second-order valence-corrected chi connectivity index (χ2v) is 8.26. The quantitative estimate of drug-likeness (QED) is 0.495. The maximum atomic E-state index is 12.4. The van der Waals surface area contributed by atoms with Gasteiger partial charge in [-0.25, -0.2) is 22.7 Å². The molecule has 9 nitrogen and oxygen atoms in total. The number of ketones is 1. The lowest BCUT2D eigenvalue weighted by Gasteiger charge is -2.08. The predicted octanol–water partition coefficient (Wildman–Crippen LogP) is 2.02. The molecule has 1 heterocycles. The van der Waals surface area contributed by atoms with Gasteiger partial charge in [-0.15, -0.1) is 0 Å². The molecule has 29 heavy (non-hydrogen) atoms. The summed E-state index contributed by atoms with van der Waals surface area (Å²) in [5, 5.41) is -0.0302. The first-order valence-corrected chi connectivity index (χ1v) is 10.1. The SMILES string of the molecule is CNS(=O)(=O)c1ccc(Cl)c(C(=O)OCC(=O)c2[nH]c(C)c(C(=O)OC)c2C)c1. The number of sulfonamides is 1. The van der Waals surface area contributed by atoms with E-state index >= 15 is 0 Å². The number of esters is 2. The molecule has 0 saturated heterocycles. The Labute approximate surface area is 172 Å². The molecule has 11 heteroatoms. The zero-order chi connectivity index (χ0) is 21.9. The van der Waals surface area contributed by atoms with E-state index in [-0.39, 0.29) is 26.7 Å². The van der Waals surface area contributed by atoms with Crippen molar-refractivity contribution in [2.75, 3.05) is 20.8 Å². The van der Waals surface area contributed by atoms with Crippen LogP contribution in [0.3, 0.4) is 0 Å². The standard InChI is InChI=1S/C18H19ClN2O7S/c1-9-15(18(24)27-4)10(2)21-16(9)14(22)8-28-17(23)12-7-11(5-6-13(12)19)29(25,26)20-3/h5-7,20-21H,8H2,1-4H3. The number of carbonyl (C=O) groups excluding carboxylic acids is 3. The van der Waals surface area contributed by atoms with Gasteiger partial charge < -0.3 is 14.5 Å². The van der Waals surface area contributed by atoms with Gasteiger partial charge in [0.15, 0.2) is 6.61 Å². The first kappa shape index (κ1) is 22.6. The number of hydrogen-bond acceptors (Lipinski definition) is 7. The number of benzene rings is 1. The van der Waals surface area contributed by atoms with Gasteiger partial charge in [-0.3, -0.25) is 4.79 Å². The molecule has 156 valence electrons. The third kappa shape index (κ3) is 4.66. The number of aromatic nitrogens is 1. The number of aryl methyl sites for hydroxylation is 1. The van der Waals surface area contributed by atoms with Crippen LogP contribution in [0, 0.1) is 13.8 Å². The van der Waals surface area contributed by atoms with Crippen molar-refractivity contribution in [1.29, 1.82) is 0 Å². The van der Waals surface area contributed by atoms with Crippen molar-refractivity contribution in [3.05, 3.63) is 51.3 Å². The summed E-state index contributed by atoms with van der Waals surface area (Å²) in [5.74, 6) is -2.14. The average molecular weight is 443 g/mol. The molecule has 1 aromatic heterocycles. The Morgan fingerprint density at radius 3 is 2.41 bits per heavy atom. The van der Waals surface area contributed by atoms with Crippen molar-refractivity contribution in [2.45, 2.75) is 18.7 Å². The van der Waals surface area contributed by atoms with Crippen molar-refractivity contribution in [1.82, 2.24) is 9.71 Å². The zero-order valence-corrected chi connectivity index (χ0v) is 17.7. The van der Waals surface area contributed by atoms with Gasteiger partial charge in [0.2, 0.25) is 15.8 Å². The Kier molecular flexibility index (Phi) is 6.83. The zero-order valence-electron chi connectivity index (χ0n) is 16.1. The first-order chi connectivity index (χ1) is 13.5. The highest BCUT2D eigenvalue weighted by Gasteiger charge is 2.24. The highest BCUT2D eigenvalue weighted by atomic mass is 35.5. The van der Waals surface area contributed by atoms with Crippen molar-refractivity contribution in [3.8, 4) is 0 Å². The molecular weight excluding hydrogens is 424 g/mol. The minimum Gasteiger partial charge on any atom is -0.465 e. The number of aromatic amines is 1. The van der Waals surface area contributed by atoms with E-state index in [4.69, 9.17) is 16.3 Å². The van der Waals surface area contributed by atoms with Crippen LogP contribution in [-0.2, 0) is 19.5 Å². The lowest BCUT2D eigenvalue weighted by atomic mass is 10.1. The van der Waals surface area contributed by atoms with Gasteiger partial charge in [-0.2, -0.15) is 0 Å². The molecule has 0 fully saturated rings. The van der Waals surface area contributed by atoms with Crippen molar-refractivity contribution >= 4 is 39.3 Å². The molecule has 2 aromatic rings. The van der Waals surface area contributed by atoms with Crippen LogP contribution >= 0.6 is 11.6 Å². The van der Waals surface area contributed by atoms with E-state index in [2.05, 4.69) is 14.4 Å². The number of nitrogens with one attached hydrogen (secondary N) is 2. The predicted molar refractivity (Wildman–Crippen MR) is 104 cm³/mol. The fourth-order valence-electron chi connectivity index (χ4n) is 2.66. The van der Waals surface area contributed by atoms with E-state index in [0.717, 1.165) is 6.07 Å². The van der Waals surface area contributed by atoms with Gasteiger partial charge >= 0.3 is 11.9 Å². The molecule has 0 bridgehead atoms. The second kappa shape index (κ2) is 8.76. The summed E-state index contributed by atoms with van der Waals surface area (Å²) >= 11 is 5.96. The monoisotopic (exact) mass is 442 g/mol. The Morgan fingerprint density at radius 1 is 1.17 bits per heavy atom. The maximum Gasteiger partial charge on any atom is 0.340 e. The molecule has 0 saturated carbocycles. The van der Waals surface area contributed by atoms with Crippen LogP contribution in [-0.4, -0.2) is 51.9 Å². The fourth-order valence-corrected chi connectivity index (χ4v) is 3.61. The Balaban J connectivity index is 2.21. The van der Waals surface area contributed by atoms with E-state index in [1.807, 2.05) is 0 Å². The molecule has 1 aromatic carbocycles. The first-order valence-electron chi connectivity index (χ1n) is 8.24. The van der Waals surface area contributed by atoms with Crippen LogP contribution < -0.4 is 4.72 Å². The third-order valence-corrected chi connectivity index (χ3v) is 5.92. The molecule has 0 amide bonds. The highest BCUT2D eigenvalue weighted by molar-refractivity contribution is 7.89. The van der Waals surface area contributed by atoms with E-state index in [9.17, 15) is 22.8 Å².